The second kappa shape index (κ2) is 6.99. The number of nitrogens with one attached hydrogen (secondary N) is 1. The molecule has 0 radical (unpaired) electrons. The number of hydrogen-bond donors (Lipinski definition) is 1. The summed E-state index contributed by atoms with van der Waals surface area (Å²) in [5, 5.41) is 1.97. The van der Waals surface area contributed by atoms with Crippen LogP contribution in [0, 0.1) is 12.7 Å². The summed E-state index contributed by atoms with van der Waals surface area (Å²) >= 11 is 1.19. The molecule has 28 heavy (non-hydrogen) atoms. The van der Waals surface area contributed by atoms with Gasteiger partial charge in [-0.05, 0) is 54.8 Å². The Bertz CT molecular complexity index is 1160. The maximum Gasteiger partial charge on any atom is 0.263 e. The fourth-order valence-electron chi connectivity index (χ4n) is 3.09. The summed E-state index contributed by atoms with van der Waals surface area (Å²) in [7, 11) is -3.76. The Kier molecular flexibility index (Phi) is 4.64. The van der Waals surface area contributed by atoms with Crippen LogP contribution >= 0.6 is 11.3 Å². The van der Waals surface area contributed by atoms with Gasteiger partial charge in [0.15, 0.2) is 5.13 Å². The minimum Gasteiger partial charge on any atom is -0.308 e. The largest absolute Gasteiger partial charge is 0.308 e. The van der Waals surface area contributed by atoms with Crippen molar-refractivity contribution >= 4 is 38.1 Å². The number of aryl methyl sites for hydroxylation is 1. The van der Waals surface area contributed by atoms with Crippen molar-refractivity contribution in [1.82, 2.24) is 4.98 Å². The zero-order valence-corrected chi connectivity index (χ0v) is 16.5. The van der Waals surface area contributed by atoms with E-state index in [9.17, 15) is 17.6 Å². The Morgan fingerprint density at radius 2 is 2.07 bits per heavy atom. The molecule has 9 heteroatoms. The van der Waals surface area contributed by atoms with E-state index in [0.717, 1.165) is 5.56 Å². The first-order valence-electron chi connectivity index (χ1n) is 8.48. The summed E-state index contributed by atoms with van der Waals surface area (Å²) in [5.74, 6) is -0.742. The van der Waals surface area contributed by atoms with Crippen LogP contribution in [0.25, 0.3) is 0 Å². The van der Waals surface area contributed by atoms with Crippen LogP contribution < -0.4 is 9.62 Å². The SMILES string of the molecule is Cc1ccc(C(=O)N2CCc3cc(S(=O)(=O)Nc4nccs4)ccc32)cc1F. The lowest BCUT2D eigenvalue weighted by Crippen LogP contribution is -2.29. The number of sulfonamides is 1. The van der Waals surface area contributed by atoms with Crippen molar-refractivity contribution in [1.29, 1.82) is 0 Å². The molecule has 0 fully saturated rings. The van der Waals surface area contributed by atoms with E-state index in [1.54, 1.807) is 41.5 Å². The summed E-state index contributed by atoms with van der Waals surface area (Å²) in [6, 6.07) is 9.02. The molecular formula is C19H16FN3O3S2. The molecule has 2 heterocycles. The van der Waals surface area contributed by atoms with Gasteiger partial charge in [0.2, 0.25) is 0 Å². The van der Waals surface area contributed by atoms with E-state index in [1.165, 1.54) is 29.7 Å². The van der Waals surface area contributed by atoms with Crippen molar-refractivity contribution in [2.24, 2.45) is 0 Å². The highest BCUT2D eigenvalue weighted by Crippen LogP contribution is 2.32. The van der Waals surface area contributed by atoms with Crippen molar-refractivity contribution < 1.29 is 17.6 Å². The topological polar surface area (TPSA) is 79.4 Å². The van der Waals surface area contributed by atoms with Crippen molar-refractivity contribution in [3.63, 3.8) is 0 Å². The smallest absolute Gasteiger partial charge is 0.263 e. The van der Waals surface area contributed by atoms with Gasteiger partial charge >= 0.3 is 0 Å². The maximum absolute atomic E-state index is 13.8. The van der Waals surface area contributed by atoms with Crippen LogP contribution in [-0.2, 0) is 16.4 Å². The molecule has 0 spiro atoms. The number of rotatable bonds is 4. The molecule has 1 aliphatic rings. The molecule has 3 aromatic rings. The molecule has 1 aliphatic heterocycles. The summed E-state index contributed by atoms with van der Waals surface area (Å²) < 4.78 is 41.3. The molecule has 4 rings (SSSR count). The molecule has 0 bridgehead atoms. The fraction of sp³-hybridized carbons (Fsp3) is 0.158. The fourth-order valence-corrected chi connectivity index (χ4v) is 4.92. The highest BCUT2D eigenvalue weighted by molar-refractivity contribution is 7.93. The van der Waals surface area contributed by atoms with Gasteiger partial charge in [0.1, 0.15) is 5.82 Å². The maximum atomic E-state index is 13.8. The van der Waals surface area contributed by atoms with Crippen molar-refractivity contribution in [2.75, 3.05) is 16.2 Å². The van der Waals surface area contributed by atoms with Gasteiger partial charge in [-0.2, -0.15) is 0 Å². The van der Waals surface area contributed by atoms with Crippen LogP contribution in [0.4, 0.5) is 15.2 Å². The molecule has 1 N–H and O–H groups in total. The Balaban J connectivity index is 1.61. The lowest BCUT2D eigenvalue weighted by atomic mass is 10.1. The molecule has 0 atom stereocenters. The van der Waals surface area contributed by atoms with E-state index in [2.05, 4.69) is 9.71 Å². The Labute approximate surface area is 165 Å². The molecule has 144 valence electrons. The molecule has 6 nitrogen and oxygen atoms in total. The summed E-state index contributed by atoms with van der Waals surface area (Å²) in [5.41, 5.74) is 2.13. The number of hydrogen-bond acceptors (Lipinski definition) is 5. The van der Waals surface area contributed by atoms with E-state index >= 15 is 0 Å². The first-order valence-corrected chi connectivity index (χ1v) is 10.8. The zero-order chi connectivity index (χ0) is 19.9. The van der Waals surface area contributed by atoms with Crippen LogP contribution in [0.1, 0.15) is 21.5 Å². The highest BCUT2D eigenvalue weighted by atomic mass is 32.2. The van der Waals surface area contributed by atoms with E-state index in [4.69, 9.17) is 0 Å². The molecule has 0 aliphatic carbocycles. The van der Waals surface area contributed by atoms with Crippen molar-refractivity contribution in [3.8, 4) is 0 Å². The number of halogens is 1. The van der Waals surface area contributed by atoms with E-state index in [0.29, 0.717) is 29.3 Å². The molecule has 0 saturated carbocycles. The minimum absolute atomic E-state index is 0.108. The summed E-state index contributed by atoms with van der Waals surface area (Å²) in [6.07, 6.45) is 2.04. The number of carbonyl (C=O) groups excluding carboxylic acids is 1. The van der Waals surface area contributed by atoms with Gasteiger partial charge in [-0.3, -0.25) is 9.52 Å². The average Bonchev–Trinajstić information content (AvgIpc) is 3.32. The van der Waals surface area contributed by atoms with Crippen molar-refractivity contribution in [2.45, 2.75) is 18.2 Å². The van der Waals surface area contributed by atoms with E-state index in [-0.39, 0.29) is 16.4 Å². The summed E-state index contributed by atoms with van der Waals surface area (Å²) in [4.78, 5) is 18.4. The van der Waals surface area contributed by atoms with Gasteiger partial charge in [0, 0.05) is 29.4 Å². The number of amides is 1. The van der Waals surface area contributed by atoms with Crippen LogP contribution in [0.3, 0.4) is 0 Å². The van der Waals surface area contributed by atoms with Gasteiger partial charge in [-0.1, -0.05) is 6.07 Å². The number of aromatic nitrogens is 1. The summed E-state index contributed by atoms with van der Waals surface area (Å²) in [6.45, 7) is 2.05. The Morgan fingerprint density at radius 1 is 1.25 bits per heavy atom. The zero-order valence-electron chi connectivity index (χ0n) is 14.8. The second-order valence-corrected chi connectivity index (χ2v) is 8.98. The standard InChI is InChI=1S/C19H16FN3O3S2/c1-12-2-3-14(11-16(12)20)18(24)23-8-6-13-10-15(4-5-17(13)23)28(25,26)22-19-21-7-9-27-19/h2-5,7,9-11H,6,8H2,1H3,(H,21,22). The predicted molar refractivity (Wildman–Crippen MR) is 106 cm³/mol. The van der Waals surface area contributed by atoms with Crippen LogP contribution in [0.5, 0.6) is 0 Å². The Hall–Kier alpha value is -2.78. The lowest BCUT2D eigenvalue weighted by Gasteiger charge is -2.18. The number of anilines is 2. The molecule has 1 amide bonds. The molecule has 2 aromatic carbocycles. The third-order valence-corrected chi connectivity index (χ3v) is 6.73. The number of benzene rings is 2. The van der Waals surface area contributed by atoms with Gasteiger partial charge < -0.3 is 4.90 Å². The third kappa shape index (κ3) is 3.38. The molecule has 0 unspecified atom stereocenters. The highest BCUT2D eigenvalue weighted by Gasteiger charge is 2.28. The van der Waals surface area contributed by atoms with Gasteiger partial charge in [0.05, 0.1) is 4.90 Å². The number of thiazole rings is 1. The predicted octanol–water partition coefficient (Wildman–Crippen LogP) is 3.59. The van der Waals surface area contributed by atoms with E-state index < -0.39 is 15.8 Å². The van der Waals surface area contributed by atoms with Crippen LogP contribution in [-0.4, -0.2) is 25.9 Å². The first-order chi connectivity index (χ1) is 13.3. The normalized spacial score (nSPS) is 13.4. The first kappa shape index (κ1) is 18.6. The Morgan fingerprint density at radius 3 is 2.79 bits per heavy atom. The third-order valence-electron chi connectivity index (χ3n) is 4.57. The van der Waals surface area contributed by atoms with Crippen molar-refractivity contribution in [3.05, 3.63) is 70.5 Å². The van der Waals surface area contributed by atoms with E-state index in [1.807, 2.05) is 0 Å². The average molecular weight is 417 g/mol. The van der Waals surface area contributed by atoms with Gasteiger partial charge in [-0.25, -0.2) is 17.8 Å². The quantitative estimate of drug-likeness (QED) is 0.704. The van der Waals surface area contributed by atoms with Crippen LogP contribution in [0.15, 0.2) is 52.9 Å². The minimum atomic E-state index is -3.76. The number of carbonyl (C=O) groups is 1. The second-order valence-electron chi connectivity index (χ2n) is 6.40. The molecule has 1 aromatic heterocycles. The molecule has 0 saturated heterocycles. The van der Waals surface area contributed by atoms with Gasteiger partial charge in [-0.15, -0.1) is 11.3 Å². The number of nitrogens with zero attached hydrogens (tertiary/aromatic N) is 2. The monoisotopic (exact) mass is 417 g/mol. The van der Waals surface area contributed by atoms with Gasteiger partial charge in [0.25, 0.3) is 15.9 Å². The molecular weight excluding hydrogens is 401 g/mol. The lowest BCUT2D eigenvalue weighted by molar-refractivity contribution is 0.0989. The van der Waals surface area contributed by atoms with Crippen LogP contribution in [0.2, 0.25) is 0 Å². The number of fused-ring (bicyclic) bond motifs is 1.